The van der Waals surface area contributed by atoms with E-state index in [0.717, 1.165) is 0 Å². The summed E-state index contributed by atoms with van der Waals surface area (Å²) in [5, 5.41) is 14.0. The van der Waals surface area contributed by atoms with Crippen molar-refractivity contribution in [3.05, 3.63) is 27.8 Å². The van der Waals surface area contributed by atoms with Crippen molar-refractivity contribution < 1.29 is 27.6 Å². The van der Waals surface area contributed by atoms with Gasteiger partial charge in [0.1, 0.15) is 18.8 Å². The second-order valence-corrected chi connectivity index (χ2v) is 8.57. The molecule has 0 unspecified atom stereocenters. The average molecular weight is 399 g/mol. The summed E-state index contributed by atoms with van der Waals surface area (Å²) in [4.78, 5) is 23.2. The molecule has 10 nitrogen and oxygen atoms in total. The zero-order valence-corrected chi connectivity index (χ0v) is 15.7. The fraction of sp³-hybridized carbons (Fsp3) is 0.562. The summed E-state index contributed by atoms with van der Waals surface area (Å²) in [6.07, 6.45) is 2.42. The number of nitro benzene ring substituents is 1. The Balaban J connectivity index is 1.65. The third-order valence-electron chi connectivity index (χ3n) is 4.70. The van der Waals surface area contributed by atoms with Gasteiger partial charge in [-0.1, -0.05) is 0 Å². The predicted octanol–water partition coefficient (Wildman–Crippen LogP) is 0.767. The lowest BCUT2D eigenvalue weighted by molar-refractivity contribution is -0.385. The lowest BCUT2D eigenvalue weighted by atomic mass is 9.98. The minimum Gasteiger partial charge on any atom is -0.486 e. The van der Waals surface area contributed by atoms with Gasteiger partial charge in [-0.3, -0.25) is 14.9 Å². The molecular formula is C16H21N3O7S. The lowest BCUT2D eigenvalue weighted by Crippen LogP contribution is -2.41. The van der Waals surface area contributed by atoms with Gasteiger partial charge in [0.05, 0.1) is 17.2 Å². The Morgan fingerprint density at radius 3 is 2.41 bits per heavy atom. The molecule has 148 valence electrons. The Kier molecular flexibility index (Phi) is 5.51. The molecule has 0 spiro atoms. The van der Waals surface area contributed by atoms with Crippen molar-refractivity contribution in [1.29, 1.82) is 0 Å². The number of hydrogen-bond donors (Lipinski definition) is 1. The van der Waals surface area contributed by atoms with Crippen LogP contribution >= 0.6 is 0 Å². The molecule has 0 radical (unpaired) electrons. The first kappa shape index (κ1) is 19.4. The molecular weight excluding hydrogens is 378 g/mol. The average Bonchev–Trinajstić information content (AvgIpc) is 2.64. The number of amides is 1. The van der Waals surface area contributed by atoms with Gasteiger partial charge in [0.2, 0.25) is 10.0 Å². The molecule has 2 aliphatic heterocycles. The van der Waals surface area contributed by atoms with E-state index in [0.29, 0.717) is 51.4 Å². The number of piperidine rings is 1. The van der Waals surface area contributed by atoms with Crippen LogP contribution in [0.2, 0.25) is 0 Å². The van der Waals surface area contributed by atoms with Gasteiger partial charge in [-0.2, -0.15) is 0 Å². The highest BCUT2D eigenvalue weighted by Crippen LogP contribution is 2.36. The van der Waals surface area contributed by atoms with Crippen LogP contribution in [0.15, 0.2) is 12.1 Å². The van der Waals surface area contributed by atoms with E-state index in [1.165, 1.54) is 22.7 Å². The van der Waals surface area contributed by atoms with Crippen molar-refractivity contribution in [2.45, 2.75) is 12.8 Å². The zero-order valence-electron chi connectivity index (χ0n) is 14.8. The van der Waals surface area contributed by atoms with Crippen LogP contribution in [-0.4, -0.2) is 62.7 Å². The molecule has 1 aromatic rings. The predicted molar refractivity (Wildman–Crippen MR) is 95.6 cm³/mol. The molecule has 3 rings (SSSR count). The van der Waals surface area contributed by atoms with Gasteiger partial charge in [-0.15, -0.1) is 0 Å². The van der Waals surface area contributed by atoms with E-state index in [9.17, 15) is 23.3 Å². The monoisotopic (exact) mass is 399 g/mol. The number of ether oxygens (including phenoxy) is 2. The molecule has 1 aromatic carbocycles. The van der Waals surface area contributed by atoms with Crippen molar-refractivity contribution in [2.24, 2.45) is 5.92 Å². The van der Waals surface area contributed by atoms with Gasteiger partial charge in [0.15, 0.2) is 11.5 Å². The second-order valence-electron chi connectivity index (χ2n) is 6.59. The summed E-state index contributed by atoms with van der Waals surface area (Å²) in [6.45, 7) is 1.74. The first-order valence-electron chi connectivity index (χ1n) is 8.57. The standard InChI is InChI=1S/C16H21N3O7S/c1-27(23,24)18-4-2-11(3-5-18)10-17-16(20)12-8-14-15(26-7-6-25-14)9-13(12)19(21)22/h8-9,11H,2-7,10H2,1H3,(H,17,20). The molecule has 0 bridgehead atoms. The molecule has 1 N–H and O–H groups in total. The van der Waals surface area contributed by atoms with Gasteiger partial charge in [0.25, 0.3) is 11.6 Å². The van der Waals surface area contributed by atoms with Crippen LogP contribution in [0.3, 0.4) is 0 Å². The van der Waals surface area contributed by atoms with E-state index in [2.05, 4.69) is 5.32 Å². The Hall–Kier alpha value is -2.40. The molecule has 0 aliphatic carbocycles. The number of nitrogens with zero attached hydrogens (tertiary/aromatic N) is 2. The Morgan fingerprint density at radius 2 is 1.85 bits per heavy atom. The maximum absolute atomic E-state index is 12.5. The van der Waals surface area contributed by atoms with E-state index in [-0.39, 0.29) is 22.9 Å². The first-order valence-corrected chi connectivity index (χ1v) is 10.4. The van der Waals surface area contributed by atoms with Crippen LogP contribution in [0, 0.1) is 16.0 Å². The number of nitrogens with one attached hydrogen (secondary N) is 1. The van der Waals surface area contributed by atoms with Crippen LogP contribution in [0.1, 0.15) is 23.2 Å². The molecule has 2 heterocycles. The van der Waals surface area contributed by atoms with E-state index < -0.39 is 20.9 Å². The van der Waals surface area contributed by atoms with Gasteiger partial charge in [0, 0.05) is 25.7 Å². The number of hydrogen-bond acceptors (Lipinski definition) is 7. The van der Waals surface area contributed by atoms with E-state index in [1.807, 2.05) is 0 Å². The van der Waals surface area contributed by atoms with Crippen LogP contribution in [-0.2, 0) is 10.0 Å². The van der Waals surface area contributed by atoms with Gasteiger partial charge in [-0.05, 0) is 18.8 Å². The molecule has 11 heteroatoms. The summed E-state index contributed by atoms with van der Waals surface area (Å²) < 4.78 is 35.2. The summed E-state index contributed by atoms with van der Waals surface area (Å²) in [6, 6.07) is 2.53. The summed E-state index contributed by atoms with van der Waals surface area (Å²) in [5.41, 5.74) is -0.429. The largest absolute Gasteiger partial charge is 0.486 e. The number of sulfonamides is 1. The molecule has 1 fully saturated rings. The van der Waals surface area contributed by atoms with Crippen molar-refractivity contribution in [2.75, 3.05) is 39.1 Å². The topological polar surface area (TPSA) is 128 Å². The molecule has 27 heavy (non-hydrogen) atoms. The van der Waals surface area contributed by atoms with Crippen molar-refractivity contribution >= 4 is 21.6 Å². The van der Waals surface area contributed by atoms with Crippen LogP contribution in [0.4, 0.5) is 5.69 Å². The number of fused-ring (bicyclic) bond motifs is 1. The second kappa shape index (κ2) is 7.69. The van der Waals surface area contributed by atoms with E-state index in [4.69, 9.17) is 9.47 Å². The van der Waals surface area contributed by atoms with Crippen LogP contribution < -0.4 is 14.8 Å². The third kappa shape index (κ3) is 4.48. The van der Waals surface area contributed by atoms with Crippen molar-refractivity contribution in [1.82, 2.24) is 9.62 Å². The summed E-state index contributed by atoms with van der Waals surface area (Å²) in [7, 11) is -3.20. The molecule has 2 aliphatic rings. The quantitative estimate of drug-likeness (QED) is 0.572. The Bertz CT molecular complexity index is 848. The molecule has 0 saturated carbocycles. The SMILES string of the molecule is CS(=O)(=O)N1CCC(CNC(=O)c2cc3c(cc2[N+](=O)[O-])OCCO3)CC1. The zero-order chi connectivity index (χ0) is 19.6. The minimum absolute atomic E-state index is 0.0854. The molecule has 0 aromatic heterocycles. The van der Waals surface area contributed by atoms with E-state index in [1.54, 1.807) is 0 Å². The maximum atomic E-state index is 12.5. The van der Waals surface area contributed by atoms with Crippen LogP contribution in [0.5, 0.6) is 11.5 Å². The first-order chi connectivity index (χ1) is 12.8. The highest BCUT2D eigenvalue weighted by atomic mass is 32.2. The molecule has 1 amide bonds. The summed E-state index contributed by atoms with van der Waals surface area (Å²) in [5.74, 6) is 0.101. The smallest absolute Gasteiger partial charge is 0.286 e. The maximum Gasteiger partial charge on any atom is 0.286 e. The minimum atomic E-state index is -3.20. The fourth-order valence-corrected chi connectivity index (χ4v) is 4.06. The normalized spacial score (nSPS) is 18.1. The van der Waals surface area contributed by atoms with Crippen molar-refractivity contribution in [3.63, 3.8) is 0 Å². The molecule has 1 saturated heterocycles. The van der Waals surface area contributed by atoms with Gasteiger partial charge >= 0.3 is 0 Å². The Labute approximate surface area is 156 Å². The van der Waals surface area contributed by atoms with Crippen molar-refractivity contribution in [3.8, 4) is 11.5 Å². The number of carbonyl (C=O) groups excluding carboxylic acids is 1. The molecule has 0 atom stereocenters. The number of rotatable bonds is 5. The van der Waals surface area contributed by atoms with Gasteiger partial charge in [-0.25, -0.2) is 12.7 Å². The Morgan fingerprint density at radius 1 is 1.26 bits per heavy atom. The van der Waals surface area contributed by atoms with E-state index >= 15 is 0 Å². The van der Waals surface area contributed by atoms with Gasteiger partial charge < -0.3 is 14.8 Å². The highest BCUT2D eigenvalue weighted by molar-refractivity contribution is 7.88. The lowest BCUT2D eigenvalue weighted by Gasteiger charge is -2.30. The third-order valence-corrected chi connectivity index (χ3v) is 6.00. The fourth-order valence-electron chi connectivity index (χ4n) is 3.19. The number of nitro groups is 1. The number of carbonyl (C=O) groups is 1. The van der Waals surface area contributed by atoms with Crippen LogP contribution in [0.25, 0.3) is 0 Å². The highest BCUT2D eigenvalue weighted by Gasteiger charge is 2.28. The summed E-state index contributed by atoms with van der Waals surface area (Å²) >= 11 is 0. The number of benzene rings is 1.